The van der Waals surface area contributed by atoms with Gasteiger partial charge in [-0.05, 0) is 32.3 Å². The maximum Gasteiger partial charge on any atom is 0.256 e. The van der Waals surface area contributed by atoms with Gasteiger partial charge >= 0.3 is 0 Å². The van der Waals surface area contributed by atoms with Crippen molar-refractivity contribution in [2.45, 2.75) is 71.2 Å². The maximum atomic E-state index is 12.8. The number of methoxy groups -OCH3 is 1. The van der Waals surface area contributed by atoms with Gasteiger partial charge in [0.25, 0.3) is 5.91 Å². The first kappa shape index (κ1) is 19.6. The zero-order valence-corrected chi connectivity index (χ0v) is 16.4. The van der Waals surface area contributed by atoms with Crippen LogP contribution in [-0.2, 0) is 22.6 Å². The minimum atomic E-state index is -0.516. The van der Waals surface area contributed by atoms with Crippen LogP contribution in [-0.4, -0.2) is 47.6 Å². The molecule has 1 atom stereocenters. The number of ether oxygens (including phenoxy) is 2. The fourth-order valence-electron chi connectivity index (χ4n) is 3.78. The van der Waals surface area contributed by atoms with Crippen LogP contribution in [0.1, 0.15) is 67.6 Å². The summed E-state index contributed by atoms with van der Waals surface area (Å²) in [5.41, 5.74) is 2.09. The number of fused-ring (bicyclic) bond motifs is 1. The number of nitrogens with one attached hydrogen (secondary N) is 1. The van der Waals surface area contributed by atoms with Crippen molar-refractivity contribution < 1.29 is 19.1 Å². The molecule has 1 N–H and O–H groups in total. The lowest BCUT2D eigenvalue weighted by molar-refractivity contribution is -0.131. The molecule has 0 radical (unpaired) electrons. The molecule has 2 aliphatic rings. The predicted molar refractivity (Wildman–Crippen MR) is 100 cm³/mol. The molecular formula is C20H29N3O4. The number of rotatable bonds is 8. The second-order valence-electron chi connectivity index (χ2n) is 7.25. The van der Waals surface area contributed by atoms with Crippen LogP contribution in [0.25, 0.3) is 0 Å². The molecule has 2 amide bonds. The average Bonchev–Trinajstić information content (AvgIpc) is 3.31. The van der Waals surface area contributed by atoms with E-state index in [1.807, 2.05) is 17.9 Å². The summed E-state index contributed by atoms with van der Waals surface area (Å²) >= 11 is 0. The van der Waals surface area contributed by atoms with Gasteiger partial charge in [-0.2, -0.15) is 0 Å². The first-order chi connectivity index (χ1) is 13.0. The molecule has 1 aliphatic heterocycles. The second kappa shape index (κ2) is 8.69. The van der Waals surface area contributed by atoms with E-state index < -0.39 is 6.10 Å². The molecule has 1 aromatic heterocycles. The van der Waals surface area contributed by atoms with E-state index in [4.69, 9.17) is 9.47 Å². The fraction of sp³-hybridized carbons (Fsp3) is 0.650. The van der Waals surface area contributed by atoms with Gasteiger partial charge in [-0.1, -0.05) is 19.8 Å². The van der Waals surface area contributed by atoms with Crippen LogP contribution >= 0.6 is 0 Å². The zero-order valence-electron chi connectivity index (χ0n) is 16.4. The second-order valence-corrected chi connectivity index (χ2v) is 7.25. The van der Waals surface area contributed by atoms with Crippen LogP contribution in [0.3, 0.4) is 0 Å². The Bertz CT molecular complexity index is 701. The number of amides is 2. The molecule has 7 heteroatoms. The molecule has 0 unspecified atom stereocenters. The van der Waals surface area contributed by atoms with Gasteiger partial charge in [0, 0.05) is 24.8 Å². The molecule has 7 nitrogen and oxygen atoms in total. The zero-order chi connectivity index (χ0) is 19.4. The van der Waals surface area contributed by atoms with Crippen LogP contribution in [0.2, 0.25) is 0 Å². The van der Waals surface area contributed by atoms with E-state index in [-0.39, 0.29) is 18.4 Å². The molecule has 0 spiro atoms. The molecule has 27 heavy (non-hydrogen) atoms. The number of hydrogen-bond acceptors (Lipinski definition) is 5. The molecule has 1 aromatic rings. The van der Waals surface area contributed by atoms with Crippen molar-refractivity contribution in [3.05, 3.63) is 22.9 Å². The molecule has 3 rings (SSSR count). The van der Waals surface area contributed by atoms with E-state index in [0.717, 1.165) is 25.0 Å². The smallest absolute Gasteiger partial charge is 0.256 e. The van der Waals surface area contributed by atoms with E-state index in [9.17, 15) is 9.59 Å². The number of carbonyl (C=O) groups excluding carboxylic acids is 2. The van der Waals surface area contributed by atoms with Crippen molar-refractivity contribution in [3.8, 4) is 5.88 Å². The van der Waals surface area contributed by atoms with Gasteiger partial charge in [0.15, 0.2) is 0 Å². The first-order valence-electron chi connectivity index (χ1n) is 9.82. The van der Waals surface area contributed by atoms with E-state index in [2.05, 4.69) is 10.3 Å². The molecule has 0 aromatic carbocycles. The monoisotopic (exact) mass is 375 g/mol. The highest BCUT2D eigenvalue weighted by molar-refractivity contribution is 5.98. The van der Waals surface area contributed by atoms with Crippen LogP contribution < -0.4 is 10.1 Å². The van der Waals surface area contributed by atoms with Crippen molar-refractivity contribution in [2.24, 2.45) is 0 Å². The fourth-order valence-corrected chi connectivity index (χ4v) is 3.78. The highest BCUT2D eigenvalue weighted by atomic mass is 16.5. The summed E-state index contributed by atoms with van der Waals surface area (Å²) in [4.78, 5) is 31.5. The van der Waals surface area contributed by atoms with Crippen LogP contribution in [0.15, 0.2) is 6.07 Å². The van der Waals surface area contributed by atoms with E-state index in [1.165, 1.54) is 12.8 Å². The number of pyridine rings is 1. The summed E-state index contributed by atoms with van der Waals surface area (Å²) < 4.78 is 10.8. The number of hydrogen-bond donors (Lipinski definition) is 1. The number of aromatic nitrogens is 1. The van der Waals surface area contributed by atoms with E-state index in [0.29, 0.717) is 36.2 Å². The number of carbonyl (C=O) groups is 2. The molecule has 1 fully saturated rings. The minimum absolute atomic E-state index is 0.0410. The Labute approximate surface area is 160 Å². The van der Waals surface area contributed by atoms with Crippen LogP contribution in [0.4, 0.5) is 0 Å². The Morgan fingerprint density at radius 3 is 2.81 bits per heavy atom. The van der Waals surface area contributed by atoms with Gasteiger partial charge < -0.3 is 19.7 Å². The lowest BCUT2D eigenvalue weighted by Crippen LogP contribution is -2.34. The van der Waals surface area contributed by atoms with Gasteiger partial charge in [0.2, 0.25) is 11.8 Å². The predicted octanol–water partition coefficient (Wildman–Crippen LogP) is 2.42. The molecular weight excluding hydrogens is 346 g/mol. The molecule has 0 saturated heterocycles. The summed E-state index contributed by atoms with van der Waals surface area (Å²) in [6.07, 6.45) is 4.83. The minimum Gasteiger partial charge on any atom is -0.481 e. The van der Waals surface area contributed by atoms with Gasteiger partial charge in [-0.25, -0.2) is 4.98 Å². The Balaban J connectivity index is 1.70. The summed E-state index contributed by atoms with van der Waals surface area (Å²) in [7, 11) is 1.55. The standard InChI is InChI=1S/C20H29N3O4/c1-4-9-27-13(2)18(24)21-11-14-10-16-17(22-19(14)26-3)12-23(20(16)25)15-7-5-6-8-15/h10,13,15H,4-9,11-12H2,1-3H3,(H,21,24)/t13-/m1/s1. The molecule has 148 valence electrons. The third-order valence-corrected chi connectivity index (χ3v) is 5.31. The van der Waals surface area contributed by atoms with E-state index >= 15 is 0 Å². The third kappa shape index (κ3) is 4.24. The van der Waals surface area contributed by atoms with Crippen molar-refractivity contribution in [1.82, 2.24) is 15.2 Å². The van der Waals surface area contributed by atoms with Crippen molar-refractivity contribution in [1.29, 1.82) is 0 Å². The van der Waals surface area contributed by atoms with E-state index in [1.54, 1.807) is 14.0 Å². The Hall–Kier alpha value is -2.15. The number of nitrogens with zero attached hydrogens (tertiary/aromatic N) is 2. The van der Waals surface area contributed by atoms with Crippen LogP contribution in [0, 0.1) is 0 Å². The lowest BCUT2D eigenvalue weighted by atomic mass is 10.1. The molecule has 0 bridgehead atoms. The summed E-state index contributed by atoms with van der Waals surface area (Å²) in [6, 6.07) is 2.13. The topological polar surface area (TPSA) is 80.8 Å². The summed E-state index contributed by atoms with van der Waals surface area (Å²) in [5, 5.41) is 2.85. The first-order valence-corrected chi connectivity index (χ1v) is 9.82. The van der Waals surface area contributed by atoms with Gasteiger partial charge in [0.1, 0.15) is 6.10 Å². The van der Waals surface area contributed by atoms with Gasteiger partial charge in [-0.15, -0.1) is 0 Å². The third-order valence-electron chi connectivity index (χ3n) is 5.31. The normalized spacial score (nSPS) is 17.9. The van der Waals surface area contributed by atoms with Crippen molar-refractivity contribution in [2.75, 3.05) is 13.7 Å². The average molecular weight is 375 g/mol. The van der Waals surface area contributed by atoms with Crippen molar-refractivity contribution >= 4 is 11.8 Å². The Kier molecular flexibility index (Phi) is 6.31. The largest absolute Gasteiger partial charge is 0.481 e. The molecule has 2 heterocycles. The molecule has 1 saturated carbocycles. The van der Waals surface area contributed by atoms with Gasteiger partial charge in [0.05, 0.1) is 24.9 Å². The SMILES string of the molecule is CCCO[C@H](C)C(=O)NCc1cc2c(nc1OC)CN(C1CCCC1)C2=O. The van der Waals surface area contributed by atoms with Crippen molar-refractivity contribution in [3.63, 3.8) is 0 Å². The highest BCUT2D eigenvalue weighted by Gasteiger charge is 2.36. The summed E-state index contributed by atoms with van der Waals surface area (Å²) in [5.74, 6) is 0.307. The van der Waals surface area contributed by atoms with Gasteiger partial charge in [-0.3, -0.25) is 9.59 Å². The maximum absolute atomic E-state index is 12.8. The quantitative estimate of drug-likeness (QED) is 0.755. The summed E-state index contributed by atoms with van der Waals surface area (Å²) in [6.45, 7) is 5.07. The Morgan fingerprint density at radius 1 is 1.41 bits per heavy atom. The molecule has 1 aliphatic carbocycles. The Morgan fingerprint density at radius 2 is 2.15 bits per heavy atom. The lowest BCUT2D eigenvalue weighted by Gasteiger charge is -2.22. The van der Waals surface area contributed by atoms with Crippen LogP contribution in [0.5, 0.6) is 5.88 Å². The highest BCUT2D eigenvalue weighted by Crippen LogP contribution is 2.33.